The maximum atomic E-state index is 11.3. The van der Waals surface area contributed by atoms with Crippen LogP contribution in [0.25, 0.3) is 0 Å². The van der Waals surface area contributed by atoms with E-state index in [0.717, 1.165) is 0 Å². The van der Waals surface area contributed by atoms with Gasteiger partial charge in [-0.05, 0) is 5.92 Å². The molecule has 0 aromatic rings. The minimum atomic E-state index is -1.20. The lowest BCUT2D eigenvalue weighted by molar-refractivity contribution is -0.162. The topological polar surface area (TPSA) is 116 Å². The number of nitrogens with two attached hydrogens (primary N) is 2. The minimum absolute atomic E-state index is 0.0735. The molecule has 0 spiro atoms. The highest BCUT2D eigenvalue weighted by Crippen LogP contribution is 2.06. The quantitative estimate of drug-likeness (QED) is 0.392. The van der Waals surface area contributed by atoms with E-state index in [1.54, 1.807) is 6.92 Å². The molecule has 0 rings (SSSR count). The fraction of sp³-hybridized carbons (Fsp3) is 0.778. The van der Waals surface area contributed by atoms with Crippen molar-refractivity contribution in [3.05, 3.63) is 0 Å². The van der Waals surface area contributed by atoms with Gasteiger partial charge in [0.1, 0.15) is 12.1 Å². The van der Waals surface area contributed by atoms with E-state index >= 15 is 0 Å². The number of rotatable bonds is 5. The molecule has 0 unspecified atom stereocenters. The predicted octanol–water partition coefficient (Wildman–Crippen LogP) is -1.25. The molecule has 0 amide bonds. The summed E-state index contributed by atoms with van der Waals surface area (Å²) in [6, 6.07) is -2.04. The third kappa shape index (κ3) is 4.37. The van der Waals surface area contributed by atoms with Gasteiger partial charge in [-0.15, -0.1) is 0 Å². The number of hydrogen-bond donors (Lipinski definition) is 3. The standard InChI is InChI=1S/C9H18N2O4/c1-3-5(2)7(11)9(14)15-8(13)6(10)4-12/h5-7,12H,3-4,10-11H2,1-2H3/t5-,6-,7-/m0/s1. The van der Waals surface area contributed by atoms with Gasteiger partial charge in [0.05, 0.1) is 6.61 Å². The molecule has 0 aromatic carbocycles. The van der Waals surface area contributed by atoms with Gasteiger partial charge in [0.25, 0.3) is 0 Å². The summed E-state index contributed by atoms with van der Waals surface area (Å²) in [4.78, 5) is 22.3. The fourth-order valence-corrected chi connectivity index (χ4v) is 0.804. The summed E-state index contributed by atoms with van der Waals surface area (Å²) in [5, 5.41) is 8.54. The smallest absolute Gasteiger partial charge is 0.332 e. The lowest BCUT2D eigenvalue weighted by atomic mass is 10.0. The van der Waals surface area contributed by atoms with Crippen molar-refractivity contribution in [2.75, 3.05) is 6.61 Å². The van der Waals surface area contributed by atoms with Gasteiger partial charge in [-0.25, -0.2) is 9.59 Å². The van der Waals surface area contributed by atoms with Gasteiger partial charge in [0, 0.05) is 0 Å². The molecule has 0 aliphatic heterocycles. The first-order chi connectivity index (χ1) is 6.93. The normalized spacial score (nSPS) is 16.6. The number of esters is 2. The van der Waals surface area contributed by atoms with Crippen molar-refractivity contribution >= 4 is 11.9 Å². The highest BCUT2D eigenvalue weighted by atomic mass is 16.6. The molecule has 0 heterocycles. The largest absolute Gasteiger partial charge is 0.394 e. The molecule has 15 heavy (non-hydrogen) atoms. The second kappa shape index (κ2) is 6.49. The van der Waals surface area contributed by atoms with Gasteiger partial charge in [0.15, 0.2) is 0 Å². The first-order valence-corrected chi connectivity index (χ1v) is 4.81. The highest BCUT2D eigenvalue weighted by Gasteiger charge is 2.25. The van der Waals surface area contributed by atoms with Gasteiger partial charge in [-0.2, -0.15) is 0 Å². The maximum Gasteiger partial charge on any atom is 0.332 e. The van der Waals surface area contributed by atoms with Gasteiger partial charge >= 0.3 is 11.9 Å². The van der Waals surface area contributed by atoms with Crippen LogP contribution in [-0.2, 0) is 14.3 Å². The Balaban J connectivity index is 4.19. The third-order valence-electron chi connectivity index (χ3n) is 2.23. The van der Waals surface area contributed by atoms with Crippen LogP contribution in [0, 0.1) is 5.92 Å². The molecule has 3 atom stereocenters. The van der Waals surface area contributed by atoms with Crippen molar-refractivity contribution in [1.82, 2.24) is 0 Å². The maximum absolute atomic E-state index is 11.3. The minimum Gasteiger partial charge on any atom is -0.394 e. The van der Waals surface area contributed by atoms with Crippen LogP contribution in [0.2, 0.25) is 0 Å². The van der Waals surface area contributed by atoms with Crippen LogP contribution in [0.1, 0.15) is 20.3 Å². The first kappa shape index (κ1) is 14.0. The van der Waals surface area contributed by atoms with Gasteiger partial charge in [-0.1, -0.05) is 20.3 Å². The van der Waals surface area contributed by atoms with Gasteiger partial charge < -0.3 is 21.3 Å². The van der Waals surface area contributed by atoms with Gasteiger partial charge in [0.2, 0.25) is 0 Å². The van der Waals surface area contributed by atoms with Crippen molar-refractivity contribution in [3.63, 3.8) is 0 Å². The first-order valence-electron chi connectivity index (χ1n) is 4.81. The molecule has 6 heteroatoms. The van der Waals surface area contributed by atoms with E-state index in [0.29, 0.717) is 6.42 Å². The van der Waals surface area contributed by atoms with Crippen molar-refractivity contribution < 1.29 is 19.4 Å². The van der Waals surface area contributed by atoms with Crippen LogP contribution in [-0.4, -0.2) is 35.7 Å². The van der Waals surface area contributed by atoms with E-state index in [4.69, 9.17) is 16.6 Å². The Bertz CT molecular complexity index is 232. The van der Waals surface area contributed by atoms with E-state index in [9.17, 15) is 9.59 Å². The summed E-state index contributed by atoms with van der Waals surface area (Å²) < 4.78 is 4.40. The number of carbonyl (C=O) groups is 2. The second-order valence-corrected chi connectivity index (χ2v) is 3.44. The molecule has 0 aromatic heterocycles. The summed E-state index contributed by atoms with van der Waals surface area (Å²) in [7, 11) is 0. The summed E-state index contributed by atoms with van der Waals surface area (Å²) in [5.41, 5.74) is 10.7. The average Bonchev–Trinajstić information content (AvgIpc) is 2.25. The summed E-state index contributed by atoms with van der Waals surface area (Å²) >= 11 is 0. The van der Waals surface area contributed by atoms with Crippen molar-refractivity contribution in [2.24, 2.45) is 17.4 Å². The monoisotopic (exact) mass is 218 g/mol. The molecule has 0 fully saturated rings. The van der Waals surface area contributed by atoms with Crippen LogP contribution in [0.3, 0.4) is 0 Å². The molecule has 0 aliphatic carbocycles. The lowest BCUT2D eigenvalue weighted by Gasteiger charge is -2.16. The molecule has 88 valence electrons. The Morgan fingerprint density at radius 2 is 1.87 bits per heavy atom. The van der Waals surface area contributed by atoms with Crippen LogP contribution in [0.5, 0.6) is 0 Å². The van der Waals surface area contributed by atoms with E-state index < -0.39 is 30.6 Å². The Morgan fingerprint density at radius 1 is 1.33 bits per heavy atom. The molecular weight excluding hydrogens is 200 g/mol. The Labute approximate surface area is 88.6 Å². The molecule has 0 radical (unpaired) electrons. The third-order valence-corrected chi connectivity index (χ3v) is 2.23. The summed E-state index contributed by atoms with van der Waals surface area (Å²) in [6.07, 6.45) is 0.705. The number of carbonyl (C=O) groups excluding carboxylic acids is 2. The van der Waals surface area contributed by atoms with Crippen molar-refractivity contribution in [3.8, 4) is 0 Å². The summed E-state index contributed by atoms with van der Waals surface area (Å²) in [5.74, 6) is -1.84. The lowest BCUT2D eigenvalue weighted by Crippen LogP contribution is -2.43. The highest BCUT2D eigenvalue weighted by molar-refractivity contribution is 5.90. The zero-order valence-corrected chi connectivity index (χ0v) is 8.97. The SMILES string of the molecule is CC[C@H](C)[C@H](N)C(=O)OC(=O)[C@@H](N)CO. The molecule has 0 saturated carbocycles. The zero-order valence-electron chi connectivity index (χ0n) is 8.97. The molecule has 0 saturated heterocycles. The van der Waals surface area contributed by atoms with E-state index in [-0.39, 0.29) is 5.92 Å². The van der Waals surface area contributed by atoms with Crippen LogP contribution >= 0.6 is 0 Å². The van der Waals surface area contributed by atoms with Crippen LogP contribution in [0.4, 0.5) is 0 Å². The number of hydrogen-bond acceptors (Lipinski definition) is 6. The van der Waals surface area contributed by atoms with E-state index in [1.165, 1.54) is 0 Å². The Morgan fingerprint density at radius 3 is 2.27 bits per heavy atom. The number of ether oxygens (including phenoxy) is 1. The van der Waals surface area contributed by atoms with Crippen molar-refractivity contribution in [1.29, 1.82) is 0 Å². The molecule has 0 bridgehead atoms. The van der Waals surface area contributed by atoms with E-state index in [2.05, 4.69) is 4.74 Å². The zero-order chi connectivity index (χ0) is 12.0. The molecule has 0 aliphatic rings. The molecule has 5 N–H and O–H groups in total. The number of aliphatic hydroxyl groups is 1. The van der Waals surface area contributed by atoms with E-state index in [1.807, 2.05) is 6.92 Å². The van der Waals surface area contributed by atoms with Gasteiger partial charge in [-0.3, -0.25) is 0 Å². The van der Waals surface area contributed by atoms with Crippen molar-refractivity contribution in [2.45, 2.75) is 32.4 Å². The fourth-order valence-electron chi connectivity index (χ4n) is 0.804. The second-order valence-electron chi connectivity index (χ2n) is 3.44. The van der Waals surface area contributed by atoms with Crippen LogP contribution in [0.15, 0.2) is 0 Å². The average molecular weight is 218 g/mol. The summed E-state index contributed by atoms with van der Waals surface area (Å²) in [6.45, 7) is 3.09. The predicted molar refractivity (Wildman–Crippen MR) is 53.6 cm³/mol. The van der Waals surface area contributed by atoms with Crippen LogP contribution < -0.4 is 11.5 Å². The Hall–Kier alpha value is -0.980. The Kier molecular flexibility index (Phi) is 6.07. The molecular formula is C9H18N2O4. The number of aliphatic hydroxyl groups excluding tert-OH is 1. The molecule has 6 nitrogen and oxygen atoms in total.